The van der Waals surface area contributed by atoms with Crippen molar-refractivity contribution < 1.29 is 14.4 Å². The Balaban J connectivity index is 2.74. The van der Waals surface area contributed by atoms with E-state index in [1.54, 1.807) is 4.90 Å². The van der Waals surface area contributed by atoms with Crippen molar-refractivity contribution in [3.63, 3.8) is 0 Å². The van der Waals surface area contributed by atoms with Crippen LogP contribution in [-0.2, 0) is 14.4 Å². The van der Waals surface area contributed by atoms with Gasteiger partial charge in [-0.3, -0.25) is 9.59 Å². The van der Waals surface area contributed by atoms with E-state index in [0.717, 1.165) is 12.7 Å². The molecule has 1 rings (SSSR count). The summed E-state index contributed by atoms with van der Waals surface area (Å²) >= 11 is 0. The molecule has 3 N–H and O–H groups in total. The van der Waals surface area contributed by atoms with Gasteiger partial charge in [0.25, 0.3) is 0 Å². The van der Waals surface area contributed by atoms with Crippen molar-refractivity contribution in [3.05, 3.63) is 0 Å². The highest BCUT2D eigenvalue weighted by Crippen LogP contribution is 2.20. The van der Waals surface area contributed by atoms with E-state index >= 15 is 0 Å². The number of carbonyl (C=O) groups excluding carboxylic acids is 3. The van der Waals surface area contributed by atoms with E-state index in [4.69, 9.17) is 5.73 Å². The zero-order chi connectivity index (χ0) is 16.2. The van der Waals surface area contributed by atoms with Crippen LogP contribution in [0.2, 0.25) is 0 Å². The Hall–Kier alpha value is -1.43. The quantitative estimate of drug-likeness (QED) is 0.690. The fourth-order valence-electron chi connectivity index (χ4n) is 2.40. The minimum absolute atomic E-state index is 0.0231. The van der Waals surface area contributed by atoms with Crippen molar-refractivity contribution >= 4 is 18.1 Å². The van der Waals surface area contributed by atoms with Gasteiger partial charge in [-0.1, -0.05) is 27.7 Å². The molecule has 6 nitrogen and oxygen atoms in total. The van der Waals surface area contributed by atoms with Gasteiger partial charge in [-0.25, -0.2) is 0 Å². The molecule has 2 amide bonds. The molecule has 3 atom stereocenters. The highest BCUT2D eigenvalue weighted by Gasteiger charge is 2.37. The maximum absolute atomic E-state index is 12.3. The highest BCUT2D eigenvalue weighted by molar-refractivity contribution is 5.91. The van der Waals surface area contributed by atoms with Gasteiger partial charge in [0.15, 0.2) is 0 Å². The average molecular weight is 297 g/mol. The molecule has 1 heterocycles. The van der Waals surface area contributed by atoms with Gasteiger partial charge in [0.05, 0.1) is 12.1 Å². The molecule has 6 heteroatoms. The van der Waals surface area contributed by atoms with Crippen molar-refractivity contribution in [1.82, 2.24) is 10.2 Å². The SMILES string of the molecule is CC(C)[C@H](N)C(=O)N1CCCC1C(=O)N[C@H](C=O)C(C)C. The van der Waals surface area contributed by atoms with E-state index in [1.165, 1.54) is 0 Å². The molecule has 1 fully saturated rings. The lowest BCUT2D eigenvalue weighted by molar-refractivity contribution is -0.140. The van der Waals surface area contributed by atoms with Crippen LogP contribution in [0, 0.1) is 11.8 Å². The monoisotopic (exact) mass is 297 g/mol. The predicted octanol–water partition coefficient (Wildman–Crippen LogP) is 0.300. The molecule has 0 aromatic carbocycles. The van der Waals surface area contributed by atoms with Crippen molar-refractivity contribution in [2.45, 2.75) is 58.7 Å². The number of amides is 2. The Morgan fingerprint density at radius 1 is 1.24 bits per heavy atom. The van der Waals surface area contributed by atoms with Gasteiger partial charge in [0.2, 0.25) is 11.8 Å². The van der Waals surface area contributed by atoms with E-state index in [-0.39, 0.29) is 23.7 Å². The third-order valence-electron chi connectivity index (χ3n) is 4.02. The van der Waals surface area contributed by atoms with Crippen molar-refractivity contribution in [1.29, 1.82) is 0 Å². The molecular weight excluding hydrogens is 270 g/mol. The van der Waals surface area contributed by atoms with Crippen LogP contribution in [0.5, 0.6) is 0 Å². The van der Waals surface area contributed by atoms with E-state index in [0.29, 0.717) is 13.0 Å². The summed E-state index contributed by atoms with van der Waals surface area (Å²) in [4.78, 5) is 37.2. The van der Waals surface area contributed by atoms with Crippen LogP contribution in [0.15, 0.2) is 0 Å². The molecule has 0 saturated carbocycles. The standard InChI is InChI=1S/C15H27N3O3/c1-9(2)11(8-19)17-14(20)12-6-5-7-18(12)15(21)13(16)10(3)4/h8-13H,5-7,16H2,1-4H3,(H,17,20)/t11-,12?,13+/m1/s1. The van der Waals surface area contributed by atoms with Crippen LogP contribution in [0.25, 0.3) is 0 Å². The van der Waals surface area contributed by atoms with Crippen molar-refractivity contribution in [3.8, 4) is 0 Å². The predicted molar refractivity (Wildman–Crippen MR) is 80.4 cm³/mol. The van der Waals surface area contributed by atoms with Gasteiger partial charge in [0.1, 0.15) is 12.3 Å². The summed E-state index contributed by atoms with van der Waals surface area (Å²) in [6.45, 7) is 8.05. The Morgan fingerprint density at radius 3 is 2.33 bits per heavy atom. The van der Waals surface area contributed by atoms with Gasteiger partial charge < -0.3 is 20.7 Å². The number of nitrogens with zero attached hydrogens (tertiary/aromatic N) is 1. The molecule has 1 aliphatic rings. The van der Waals surface area contributed by atoms with Crippen LogP contribution in [0.4, 0.5) is 0 Å². The third-order valence-corrected chi connectivity index (χ3v) is 4.02. The number of rotatable bonds is 6. The maximum atomic E-state index is 12.3. The van der Waals surface area contributed by atoms with E-state index in [9.17, 15) is 14.4 Å². The first-order valence-corrected chi connectivity index (χ1v) is 7.61. The molecule has 0 aromatic heterocycles. The molecule has 0 aromatic rings. The van der Waals surface area contributed by atoms with E-state index in [2.05, 4.69) is 5.32 Å². The molecule has 21 heavy (non-hydrogen) atoms. The molecule has 120 valence electrons. The molecule has 0 bridgehead atoms. The zero-order valence-electron chi connectivity index (χ0n) is 13.3. The lowest BCUT2D eigenvalue weighted by Gasteiger charge is -2.29. The number of carbonyl (C=O) groups is 3. The first kappa shape index (κ1) is 17.6. The van der Waals surface area contributed by atoms with Crippen LogP contribution >= 0.6 is 0 Å². The topological polar surface area (TPSA) is 92.5 Å². The maximum Gasteiger partial charge on any atom is 0.243 e. The lowest BCUT2D eigenvalue weighted by atomic mass is 10.0. The summed E-state index contributed by atoms with van der Waals surface area (Å²) in [5.41, 5.74) is 5.90. The second kappa shape index (κ2) is 7.54. The Labute approximate surface area is 126 Å². The second-order valence-electron chi connectivity index (χ2n) is 6.37. The number of aldehydes is 1. The number of hydrogen-bond donors (Lipinski definition) is 2. The molecule has 0 spiro atoms. The van der Waals surface area contributed by atoms with Crippen molar-refractivity contribution in [2.75, 3.05) is 6.54 Å². The summed E-state index contributed by atoms with van der Waals surface area (Å²) in [6.07, 6.45) is 2.14. The van der Waals surface area contributed by atoms with Gasteiger partial charge in [-0.2, -0.15) is 0 Å². The minimum atomic E-state index is -0.592. The van der Waals surface area contributed by atoms with Crippen LogP contribution in [-0.4, -0.2) is 47.7 Å². The Kier molecular flexibility index (Phi) is 6.33. The molecule has 1 saturated heterocycles. The first-order valence-electron chi connectivity index (χ1n) is 7.61. The molecule has 1 unspecified atom stereocenters. The van der Waals surface area contributed by atoms with Crippen LogP contribution in [0.3, 0.4) is 0 Å². The Morgan fingerprint density at radius 2 is 1.86 bits per heavy atom. The lowest BCUT2D eigenvalue weighted by Crippen LogP contribution is -2.54. The van der Waals surface area contributed by atoms with Crippen molar-refractivity contribution in [2.24, 2.45) is 17.6 Å². The molecule has 1 aliphatic heterocycles. The van der Waals surface area contributed by atoms with Gasteiger partial charge in [0, 0.05) is 6.54 Å². The molecule has 0 radical (unpaired) electrons. The first-order chi connectivity index (χ1) is 9.79. The second-order valence-corrected chi connectivity index (χ2v) is 6.37. The van der Waals surface area contributed by atoms with Gasteiger partial charge in [-0.05, 0) is 24.7 Å². The highest BCUT2D eigenvalue weighted by atomic mass is 16.2. The zero-order valence-corrected chi connectivity index (χ0v) is 13.3. The number of nitrogens with one attached hydrogen (secondary N) is 1. The summed E-state index contributed by atoms with van der Waals surface area (Å²) in [5.74, 6) is -0.396. The molecular formula is C15H27N3O3. The smallest absolute Gasteiger partial charge is 0.243 e. The fourth-order valence-corrected chi connectivity index (χ4v) is 2.40. The summed E-state index contributed by atoms with van der Waals surface area (Å²) in [5, 5.41) is 2.72. The fraction of sp³-hybridized carbons (Fsp3) is 0.800. The number of hydrogen-bond acceptors (Lipinski definition) is 4. The Bertz CT molecular complexity index is 396. The minimum Gasteiger partial charge on any atom is -0.345 e. The summed E-state index contributed by atoms with van der Waals surface area (Å²) in [6, 6.07) is -1.62. The largest absolute Gasteiger partial charge is 0.345 e. The normalized spacial score (nSPS) is 21.5. The summed E-state index contributed by atoms with van der Waals surface area (Å²) in [7, 11) is 0. The number of nitrogens with two attached hydrogens (primary N) is 1. The van der Waals surface area contributed by atoms with Crippen LogP contribution < -0.4 is 11.1 Å². The van der Waals surface area contributed by atoms with E-state index < -0.39 is 18.1 Å². The van der Waals surface area contributed by atoms with Crippen LogP contribution in [0.1, 0.15) is 40.5 Å². The third kappa shape index (κ3) is 4.27. The number of likely N-dealkylation sites (tertiary alicyclic amines) is 1. The van der Waals surface area contributed by atoms with Gasteiger partial charge in [-0.15, -0.1) is 0 Å². The summed E-state index contributed by atoms with van der Waals surface area (Å²) < 4.78 is 0. The average Bonchev–Trinajstić information content (AvgIpc) is 2.91. The van der Waals surface area contributed by atoms with Gasteiger partial charge >= 0.3 is 0 Å². The molecule has 0 aliphatic carbocycles. The van der Waals surface area contributed by atoms with E-state index in [1.807, 2.05) is 27.7 Å².